The largest absolute Gasteiger partial charge is 0.481 e. The molecule has 128 valence electrons. The summed E-state index contributed by atoms with van der Waals surface area (Å²) in [7, 11) is 0. The Kier molecular flexibility index (Phi) is 4.87. The second kappa shape index (κ2) is 6.89. The zero-order chi connectivity index (χ0) is 16.4. The molecule has 0 aromatic rings. The molecule has 3 fully saturated rings. The van der Waals surface area contributed by atoms with Crippen molar-refractivity contribution in [2.24, 2.45) is 17.8 Å². The first-order chi connectivity index (χ1) is 11.0. The molecule has 1 saturated heterocycles. The van der Waals surface area contributed by atoms with Crippen molar-refractivity contribution in [3.8, 4) is 0 Å². The Morgan fingerprint density at radius 3 is 2.13 bits per heavy atom. The van der Waals surface area contributed by atoms with Crippen LogP contribution in [0.25, 0.3) is 0 Å². The van der Waals surface area contributed by atoms with E-state index in [1.54, 1.807) is 0 Å². The lowest BCUT2D eigenvalue weighted by Crippen LogP contribution is -2.48. The fourth-order valence-corrected chi connectivity index (χ4v) is 3.80. The van der Waals surface area contributed by atoms with Gasteiger partial charge in [0.2, 0.25) is 11.8 Å². The van der Waals surface area contributed by atoms with Crippen LogP contribution in [0.3, 0.4) is 0 Å². The number of nitrogens with one attached hydrogen (secondary N) is 1. The molecule has 2 unspecified atom stereocenters. The Morgan fingerprint density at radius 2 is 1.52 bits per heavy atom. The third-order valence-electron chi connectivity index (χ3n) is 5.47. The molecular weight excluding hydrogens is 296 g/mol. The van der Waals surface area contributed by atoms with Crippen LogP contribution in [0, 0.1) is 17.8 Å². The van der Waals surface area contributed by atoms with Crippen LogP contribution in [-0.2, 0) is 14.4 Å². The van der Waals surface area contributed by atoms with Gasteiger partial charge < -0.3 is 15.3 Å². The number of carboxylic acid groups (broad SMARTS) is 1. The van der Waals surface area contributed by atoms with Crippen molar-refractivity contribution in [3.63, 3.8) is 0 Å². The average Bonchev–Trinajstić information content (AvgIpc) is 3.40. The summed E-state index contributed by atoms with van der Waals surface area (Å²) in [5.41, 5.74) is 0. The fourth-order valence-electron chi connectivity index (χ4n) is 3.80. The van der Waals surface area contributed by atoms with Crippen molar-refractivity contribution in [1.29, 1.82) is 0 Å². The van der Waals surface area contributed by atoms with E-state index in [-0.39, 0.29) is 35.6 Å². The maximum atomic E-state index is 12.4. The number of carbonyl (C=O) groups is 3. The monoisotopic (exact) mass is 322 g/mol. The van der Waals surface area contributed by atoms with Gasteiger partial charge in [-0.15, -0.1) is 0 Å². The van der Waals surface area contributed by atoms with Crippen molar-refractivity contribution in [2.75, 3.05) is 13.1 Å². The third kappa shape index (κ3) is 4.03. The number of hydrogen-bond acceptors (Lipinski definition) is 3. The predicted octanol–water partition coefficient (Wildman–Crippen LogP) is 1.39. The Hall–Kier alpha value is -1.59. The van der Waals surface area contributed by atoms with E-state index in [0.717, 1.165) is 51.6 Å². The van der Waals surface area contributed by atoms with Gasteiger partial charge in [0.05, 0.1) is 5.92 Å². The number of piperidine rings is 1. The van der Waals surface area contributed by atoms with Gasteiger partial charge >= 0.3 is 5.97 Å². The van der Waals surface area contributed by atoms with Crippen molar-refractivity contribution in [1.82, 2.24) is 10.2 Å². The highest BCUT2D eigenvalue weighted by molar-refractivity contribution is 5.82. The molecule has 2 N–H and O–H groups in total. The number of likely N-dealkylation sites (tertiary alicyclic amines) is 1. The molecule has 1 heterocycles. The van der Waals surface area contributed by atoms with Gasteiger partial charge in [-0.2, -0.15) is 0 Å². The Morgan fingerprint density at radius 1 is 0.870 bits per heavy atom. The van der Waals surface area contributed by atoms with E-state index >= 15 is 0 Å². The van der Waals surface area contributed by atoms with Gasteiger partial charge in [-0.25, -0.2) is 0 Å². The van der Waals surface area contributed by atoms with E-state index in [9.17, 15) is 14.4 Å². The number of carboxylic acids is 1. The van der Waals surface area contributed by atoms with Gasteiger partial charge in [0.25, 0.3) is 0 Å². The van der Waals surface area contributed by atoms with Crippen LogP contribution >= 0.6 is 0 Å². The van der Waals surface area contributed by atoms with Crippen molar-refractivity contribution < 1.29 is 19.5 Å². The summed E-state index contributed by atoms with van der Waals surface area (Å²) in [4.78, 5) is 37.4. The maximum absolute atomic E-state index is 12.4. The minimum absolute atomic E-state index is 0.00270. The van der Waals surface area contributed by atoms with Crippen LogP contribution in [0.5, 0.6) is 0 Å². The Balaban J connectivity index is 1.43. The van der Waals surface area contributed by atoms with E-state index in [0.29, 0.717) is 12.8 Å². The van der Waals surface area contributed by atoms with Crippen LogP contribution in [-0.4, -0.2) is 46.9 Å². The summed E-state index contributed by atoms with van der Waals surface area (Å²) in [6, 6.07) is 0.121. The summed E-state index contributed by atoms with van der Waals surface area (Å²) in [5, 5.41) is 12.2. The minimum atomic E-state index is -0.783. The highest BCUT2D eigenvalue weighted by atomic mass is 16.4. The molecule has 2 saturated carbocycles. The number of rotatable bonds is 4. The van der Waals surface area contributed by atoms with Crippen LogP contribution in [0.15, 0.2) is 0 Å². The second-order valence-electron chi connectivity index (χ2n) is 7.28. The smallest absolute Gasteiger partial charge is 0.306 e. The molecule has 23 heavy (non-hydrogen) atoms. The van der Waals surface area contributed by atoms with Crippen molar-refractivity contribution in [2.45, 2.75) is 57.4 Å². The molecule has 1 aliphatic heterocycles. The predicted molar refractivity (Wildman–Crippen MR) is 83.6 cm³/mol. The normalized spacial score (nSPS) is 29.1. The number of amides is 2. The van der Waals surface area contributed by atoms with E-state index in [1.807, 2.05) is 4.90 Å². The molecule has 6 heteroatoms. The number of nitrogens with zero attached hydrogens (tertiary/aromatic N) is 1. The van der Waals surface area contributed by atoms with Crippen LogP contribution in [0.2, 0.25) is 0 Å². The first kappa shape index (κ1) is 16.3. The fraction of sp³-hybridized carbons (Fsp3) is 0.824. The molecule has 0 aromatic carbocycles. The quantitative estimate of drug-likeness (QED) is 0.819. The minimum Gasteiger partial charge on any atom is -0.481 e. The summed E-state index contributed by atoms with van der Waals surface area (Å²) in [6.07, 6.45) is 6.40. The zero-order valence-electron chi connectivity index (χ0n) is 13.5. The second-order valence-corrected chi connectivity index (χ2v) is 7.28. The van der Waals surface area contributed by atoms with Gasteiger partial charge in [0.1, 0.15) is 0 Å². The molecule has 2 aliphatic carbocycles. The van der Waals surface area contributed by atoms with Crippen molar-refractivity contribution >= 4 is 17.8 Å². The van der Waals surface area contributed by atoms with Gasteiger partial charge in [-0.3, -0.25) is 14.4 Å². The van der Waals surface area contributed by atoms with Gasteiger partial charge in [0.15, 0.2) is 0 Å². The van der Waals surface area contributed by atoms with Gasteiger partial charge in [-0.05, 0) is 44.9 Å². The topological polar surface area (TPSA) is 86.7 Å². The summed E-state index contributed by atoms with van der Waals surface area (Å²) < 4.78 is 0. The van der Waals surface area contributed by atoms with E-state index in [1.165, 1.54) is 0 Å². The highest BCUT2D eigenvalue weighted by Crippen LogP contribution is 2.32. The molecule has 0 aromatic heterocycles. The lowest BCUT2D eigenvalue weighted by molar-refractivity contribution is -0.144. The Bertz CT molecular complexity index is 481. The molecule has 0 spiro atoms. The van der Waals surface area contributed by atoms with E-state index in [4.69, 9.17) is 5.11 Å². The Labute approximate surface area is 136 Å². The van der Waals surface area contributed by atoms with E-state index in [2.05, 4.69) is 5.32 Å². The standard InChI is InChI=1S/C17H26N2O4/c20-15(12-2-1-3-13(10-12)17(22)23)18-14-6-8-19(9-7-14)16(21)11-4-5-11/h11-14H,1-10H2,(H,18,20)(H,22,23). The van der Waals surface area contributed by atoms with E-state index < -0.39 is 5.97 Å². The molecule has 0 bridgehead atoms. The summed E-state index contributed by atoms with van der Waals surface area (Å²) >= 11 is 0. The molecular formula is C17H26N2O4. The average molecular weight is 322 g/mol. The zero-order valence-corrected chi connectivity index (χ0v) is 13.5. The van der Waals surface area contributed by atoms with Crippen LogP contribution in [0.1, 0.15) is 51.4 Å². The first-order valence-corrected chi connectivity index (χ1v) is 8.86. The molecule has 3 aliphatic rings. The SMILES string of the molecule is O=C(O)C1CCCC(C(=O)NC2CCN(C(=O)C3CC3)CC2)C1. The van der Waals surface area contributed by atoms with Crippen molar-refractivity contribution in [3.05, 3.63) is 0 Å². The molecule has 6 nitrogen and oxygen atoms in total. The summed E-state index contributed by atoms with van der Waals surface area (Å²) in [6.45, 7) is 1.45. The lowest BCUT2D eigenvalue weighted by atomic mass is 9.81. The van der Waals surface area contributed by atoms with Crippen LogP contribution in [0.4, 0.5) is 0 Å². The maximum Gasteiger partial charge on any atom is 0.306 e. The lowest BCUT2D eigenvalue weighted by Gasteiger charge is -2.34. The summed E-state index contributed by atoms with van der Waals surface area (Å²) in [5.74, 6) is -0.784. The molecule has 0 radical (unpaired) electrons. The number of aliphatic carboxylic acids is 1. The number of hydrogen-bond donors (Lipinski definition) is 2. The molecule has 3 rings (SSSR count). The molecule has 2 atom stereocenters. The van der Waals surface area contributed by atoms with Crippen LogP contribution < -0.4 is 5.32 Å². The molecule has 2 amide bonds. The van der Waals surface area contributed by atoms with Gasteiger partial charge in [0, 0.05) is 31.0 Å². The van der Waals surface area contributed by atoms with Gasteiger partial charge in [-0.1, -0.05) is 6.42 Å². The first-order valence-electron chi connectivity index (χ1n) is 8.86. The highest BCUT2D eigenvalue weighted by Gasteiger charge is 2.36. The number of carbonyl (C=O) groups excluding carboxylic acids is 2. The third-order valence-corrected chi connectivity index (χ3v) is 5.47.